The quantitative estimate of drug-likeness (QED) is 0.184. The molecule has 3 heterocycles. The van der Waals surface area contributed by atoms with E-state index in [2.05, 4.69) is 120 Å². The summed E-state index contributed by atoms with van der Waals surface area (Å²) in [5.41, 5.74) is 13.1. The molecule has 0 spiro atoms. The molecule has 49 heavy (non-hydrogen) atoms. The van der Waals surface area contributed by atoms with Crippen molar-refractivity contribution in [3.63, 3.8) is 0 Å². The number of hydrogen-bond acceptors (Lipinski definition) is 4. The van der Waals surface area contributed by atoms with Crippen LogP contribution in [0.2, 0.25) is 0 Å². The Bertz CT molecular complexity index is 2590. The van der Waals surface area contributed by atoms with Gasteiger partial charge in [0, 0.05) is 39.9 Å². The third kappa shape index (κ3) is 5.45. The summed E-state index contributed by atoms with van der Waals surface area (Å²) in [5, 5.41) is 2.21. The number of rotatable bonds is 6. The van der Waals surface area contributed by atoms with Crippen molar-refractivity contribution in [1.82, 2.24) is 15.0 Å². The molecule has 6 aromatic carbocycles. The SMILES string of the molecule is c1ccc(-c2cc(-c3ccc4oc5ccccc5c4c3)cc(-c3cc(-c4ccccc4)nc(-c4ccccc4-c4ccncc4)n3)c2)cc1. The number of benzene rings is 6. The van der Waals surface area contributed by atoms with Gasteiger partial charge in [-0.1, -0.05) is 109 Å². The first-order chi connectivity index (χ1) is 24.3. The van der Waals surface area contributed by atoms with E-state index in [1.54, 1.807) is 0 Å². The molecule has 0 fully saturated rings. The van der Waals surface area contributed by atoms with Gasteiger partial charge in [-0.25, -0.2) is 9.97 Å². The predicted octanol–water partition coefficient (Wildman–Crippen LogP) is 11.8. The molecule has 230 valence electrons. The average molecular weight is 628 g/mol. The highest BCUT2D eigenvalue weighted by Crippen LogP contribution is 2.38. The zero-order valence-corrected chi connectivity index (χ0v) is 26.5. The van der Waals surface area contributed by atoms with Gasteiger partial charge in [0.2, 0.25) is 0 Å². The van der Waals surface area contributed by atoms with Gasteiger partial charge in [0.1, 0.15) is 11.2 Å². The summed E-state index contributed by atoms with van der Waals surface area (Å²) in [4.78, 5) is 14.7. The number of nitrogens with zero attached hydrogens (tertiary/aromatic N) is 3. The lowest BCUT2D eigenvalue weighted by molar-refractivity contribution is 0.669. The van der Waals surface area contributed by atoms with Crippen LogP contribution in [0.1, 0.15) is 0 Å². The lowest BCUT2D eigenvalue weighted by Crippen LogP contribution is -1.98. The lowest BCUT2D eigenvalue weighted by atomic mass is 9.93. The van der Waals surface area contributed by atoms with Gasteiger partial charge in [-0.15, -0.1) is 0 Å². The average Bonchev–Trinajstić information content (AvgIpc) is 3.57. The van der Waals surface area contributed by atoms with Crippen molar-refractivity contribution in [2.75, 3.05) is 0 Å². The molecule has 0 saturated carbocycles. The van der Waals surface area contributed by atoms with Crippen LogP contribution in [0.25, 0.3) is 89.2 Å². The van der Waals surface area contributed by atoms with Crippen LogP contribution in [-0.4, -0.2) is 15.0 Å². The van der Waals surface area contributed by atoms with E-state index in [0.29, 0.717) is 5.82 Å². The van der Waals surface area contributed by atoms with Crippen molar-refractivity contribution in [1.29, 1.82) is 0 Å². The lowest BCUT2D eigenvalue weighted by Gasteiger charge is -2.14. The summed E-state index contributed by atoms with van der Waals surface area (Å²) in [5.74, 6) is 0.668. The minimum Gasteiger partial charge on any atom is -0.456 e. The Balaban J connectivity index is 1.27. The number of hydrogen-bond donors (Lipinski definition) is 0. The maximum absolute atomic E-state index is 6.16. The molecular formula is C45H29N3O. The van der Waals surface area contributed by atoms with Gasteiger partial charge in [0.15, 0.2) is 5.82 Å². The minimum atomic E-state index is 0.668. The Morgan fingerprint density at radius 3 is 1.71 bits per heavy atom. The van der Waals surface area contributed by atoms with Crippen LogP contribution < -0.4 is 0 Å². The summed E-state index contributed by atoms with van der Waals surface area (Å²) in [6, 6.07) is 56.7. The summed E-state index contributed by atoms with van der Waals surface area (Å²) in [6.07, 6.45) is 3.64. The number of pyridine rings is 1. The van der Waals surface area contributed by atoms with E-state index in [4.69, 9.17) is 14.4 Å². The van der Waals surface area contributed by atoms with Gasteiger partial charge in [-0.3, -0.25) is 4.98 Å². The van der Waals surface area contributed by atoms with E-state index >= 15 is 0 Å². The van der Waals surface area contributed by atoms with Crippen LogP contribution in [0, 0.1) is 0 Å². The van der Waals surface area contributed by atoms with E-state index < -0.39 is 0 Å². The van der Waals surface area contributed by atoms with Gasteiger partial charge < -0.3 is 4.42 Å². The monoisotopic (exact) mass is 627 g/mol. The normalized spacial score (nSPS) is 11.3. The first-order valence-electron chi connectivity index (χ1n) is 16.3. The van der Waals surface area contributed by atoms with Crippen molar-refractivity contribution in [3.8, 4) is 67.3 Å². The van der Waals surface area contributed by atoms with Crippen LogP contribution in [0.5, 0.6) is 0 Å². The zero-order chi connectivity index (χ0) is 32.6. The van der Waals surface area contributed by atoms with Crippen molar-refractivity contribution >= 4 is 21.9 Å². The topological polar surface area (TPSA) is 51.8 Å². The second-order valence-corrected chi connectivity index (χ2v) is 12.1. The van der Waals surface area contributed by atoms with E-state index in [9.17, 15) is 0 Å². The molecule has 0 N–H and O–H groups in total. The highest BCUT2D eigenvalue weighted by Gasteiger charge is 2.17. The second kappa shape index (κ2) is 12.2. The van der Waals surface area contributed by atoms with Gasteiger partial charge in [0.25, 0.3) is 0 Å². The first kappa shape index (κ1) is 28.6. The Morgan fingerprint density at radius 1 is 0.347 bits per heavy atom. The van der Waals surface area contributed by atoms with E-state index in [0.717, 1.165) is 83.4 Å². The summed E-state index contributed by atoms with van der Waals surface area (Å²) < 4.78 is 6.16. The van der Waals surface area contributed by atoms with E-state index in [1.165, 1.54) is 0 Å². The molecule has 3 aromatic heterocycles. The Labute approximate surface area is 284 Å². The zero-order valence-electron chi connectivity index (χ0n) is 26.5. The fourth-order valence-corrected chi connectivity index (χ4v) is 6.58. The van der Waals surface area contributed by atoms with Crippen LogP contribution >= 0.6 is 0 Å². The van der Waals surface area contributed by atoms with Crippen molar-refractivity contribution in [2.24, 2.45) is 0 Å². The Morgan fingerprint density at radius 2 is 0.939 bits per heavy atom. The summed E-state index contributed by atoms with van der Waals surface area (Å²) in [7, 11) is 0. The van der Waals surface area contributed by atoms with Crippen LogP contribution in [0.3, 0.4) is 0 Å². The minimum absolute atomic E-state index is 0.668. The molecular weight excluding hydrogens is 599 g/mol. The number of fused-ring (bicyclic) bond motifs is 3. The van der Waals surface area contributed by atoms with Gasteiger partial charge >= 0.3 is 0 Å². The molecule has 4 nitrogen and oxygen atoms in total. The molecule has 0 aliphatic rings. The fraction of sp³-hybridized carbons (Fsp3) is 0. The summed E-state index contributed by atoms with van der Waals surface area (Å²) >= 11 is 0. The maximum atomic E-state index is 6.16. The predicted molar refractivity (Wildman–Crippen MR) is 200 cm³/mol. The third-order valence-electron chi connectivity index (χ3n) is 9.00. The second-order valence-electron chi connectivity index (χ2n) is 12.1. The molecule has 0 unspecified atom stereocenters. The molecule has 0 saturated heterocycles. The van der Waals surface area contributed by atoms with Gasteiger partial charge in [-0.2, -0.15) is 0 Å². The molecule has 0 aliphatic heterocycles. The maximum Gasteiger partial charge on any atom is 0.161 e. The Hall–Kier alpha value is -6.65. The van der Waals surface area contributed by atoms with E-state index in [-0.39, 0.29) is 0 Å². The fourth-order valence-electron chi connectivity index (χ4n) is 6.58. The number of para-hydroxylation sites is 1. The highest BCUT2D eigenvalue weighted by atomic mass is 16.3. The number of aromatic nitrogens is 3. The first-order valence-corrected chi connectivity index (χ1v) is 16.3. The molecule has 0 bridgehead atoms. The molecule has 0 aliphatic carbocycles. The van der Waals surface area contributed by atoms with Crippen molar-refractivity contribution in [3.05, 3.63) is 176 Å². The van der Waals surface area contributed by atoms with Gasteiger partial charge in [0.05, 0.1) is 11.4 Å². The van der Waals surface area contributed by atoms with E-state index in [1.807, 2.05) is 60.9 Å². The molecule has 0 amide bonds. The largest absolute Gasteiger partial charge is 0.456 e. The third-order valence-corrected chi connectivity index (χ3v) is 9.00. The molecule has 4 heteroatoms. The smallest absolute Gasteiger partial charge is 0.161 e. The van der Waals surface area contributed by atoms with Gasteiger partial charge in [-0.05, 0) is 88.0 Å². The summed E-state index contributed by atoms with van der Waals surface area (Å²) in [6.45, 7) is 0. The number of furan rings is 1. The van der Waals surface area contributed by atoms with Crippen molar-refractivity contribution < 1.29 is 4.42 Å². The molecule has 9 rings (SSSR count). The van der Waals surface area contributed by atoms with Crippen LogP contribution in [-0.2, 0) is 0 Å². The standard InChI is InChI=1S/C45H29N3O/c1-3-11-30(12-4-1)34-25-35(33-19-20-44-40(28-33)38-16-9-10-18-43(38)49-44)27-36(26-34)42-29-41(32-13-5-2-6-14-32)47-45(48-42)39-17-8-7-15-37(39)31-21-23-46-24-22-31/h1-29H. The molecule has 0 radical (unpaired) electrons. The molecule has 9 aromatic rings. The van der Waals surface area contributed by atoms with Crippen LogP contribution in [0.15, 0.2) is 181 Å². The van der Waals surface area contributed by atoms with Crippen LogP contribution in [0.4, 0.5) is 0 Å². The Kier molecular flexibility index (Phi) is 7.10. The highest BCUT2D eigenvalue weighted by molar-refractivity contribution is 6.06. The van der Waals surface area contributed by atoms with Crippen molar-refractivity contribution in [2.45, 2.75) is 0 Å². The molecule has 0 atom stereocenters.